The molecule has 0 spiro atoms. The number of pyridine rings is 2. The molecule has 0 bridgehead atoms. The van der Waals surface area contributed by atoms with Gasteiger partial charge in [0.05, 0.1) is 6.04 Å². The van der Waals surface area contributed by atoms with E-state index in [1.165, 1.54) is 10.9 Å². The third kappa shape index (κ3) is 1.88. The predicted octanol–water partition coefficient (Wildman–Crippen LogP) is 1.38. The van der Waals surface area contributed by atoms with Gasteiger partial charge in [-0.3, -0.25) is 14.7 Å². The van der Waals surface area contributed by atoms with E-state index in [1.54, 1.807) is 0 Å². The Labute approximate surface area is 127 Å². The molecule has 2 atom stereocenters. The van der Waals surface area contributed by atoms with E-state index in [4.69, 9.17) is 5.73 Å². The van der Waals surface area contributed by atoms with Gasteiger partial charge in [-0.1, -0.05) is 0 Å². The minimum Gasteiger partial charge on any atom is -0.368 e. The molecule has 22 heavy (non-hydrogen) atoms. The Hall–Kier alpha value is -2.47. The van der Waals surface area contributed by atoms with Gasteiger partial charge in [-0.15, -0.1) is 0 Å². The summed E-state index contributed by atoms with van der Waals surface area (Å²) in [4.78, 5) is 25.5. The van der Waals surface area contributed by atoms with E-state index in [-0.39, 0.29) is 17.9 Å². The molecule has 0 saturated carbocycles. The summed E-state index contributed by atoms with van der Waals surface area (Å²) in [6, 6.07) is 1.84. The summed E-state index contributed by atoms with van der Waals surface area (Å²) in [6.07, 6.45) is 8.23. The number of nitrogens with zero attached hydrogens (tertiary/aromatic N) is 3. The van der Waals surface area contributed by atoms with Crippen molar-refractivity contribution < 1.29 is 4.79 Å². The van der Waals surface area contributed by atoms with Gasteiger partial charge in [-0.2, -0.15) is 0 Å². The molecule has 112 valence electrons. The molecule has 0 aromatic carbocycles. The lowest BCUT2D eigenvalue weighted by Crippen LogP contribution is -2.37. The van der Waals surface area contributed by atoms with Crippen LogP contribution in [0.4, 0.5) is 0 Å². The van der Waals surface area contributed by atoms with Crippen LogP contribution in [0.25, 0.3) is 21.8 Å². The number of fused-ring (bicyclic) bond motifs is 3. The van der Waals surface area contributed by atoms with Crippen LogP contribution >= 0.6 is 0 Å². The van der Waals surface area contributed by atoms with Crippen molar-refractivity contribution in [3.8, 4) is 0 Å². The maximum Gasteiger partial charge on any atom is 0.234 e. The van der Waals surface area contributed by atoms with Crippen molar-refractivity contribution in [2.45, 2.75) is 18.4 Å². The van der Waals surface area contributed by atoms with Crippen LogP contribution in [0, 0.1) is 0 Å². The summed E-state index contributed by atoms with van der Waals surface area (Å²) < 4.78 is 0. The first-order valence-electron chi connectivity index (χ1n) is 7.34. The second-order valence-electron chi connectivity index (χ2n) is 5.98. The van der Waals surface area contributed by atoms with Gasteiger partial charge in [-0.25, -0.2) is 4.98 Å². The Morgan fingerprint density at radius 1 is 1.41 bits per heavy atom. The molecular weight excluding hydrogens is 278 g/mol. The Morgan fingerprint density at radius 3 is 3.05 bits per heavy atom. The van der Waals surface area contributed by atoms with Crippen LogP contribution in [0.15, 0.2) is 30.9 Å². The van der Waals surface area contributed by atoms with Crippen molar-refractivity contribution in [2.24, 2.45) is 5.73 Å². The van der Waals surface area contributed by atoms with E-state index in [2.05, 4.69) is 15.0 Å². The molecular formula is C16H17N5O. The van der Waals surface area contributed by atoms with E-state index < -0.39 is 0 Å². The first kappa shape index (κ1) is 13.2. The van der Waals surface area contributed by atoms with Crippen molar-refractivity contribution in [3.05, 3.63) is 36.4 Å². The lowest BCUT2D eigenvalue weighted by atomic mass is 9.92. The SMILES string of the molecule is CN1CC(c2cncc3cnc4[nH]ccc4c23)CC1C(N)=O. The highest BCUT2D eigenvalue weighted by molar-refractivity contribution is 6.06. The minimum atomic E-state index is -0.258. The zero-order valence-electron chi connectivity index (χ0n) is 12.3. The number of likely N-dealkylation sites (tertiary alicyclic amines) is 1. The number of aromatic nitrogens is 3. The summed E-state index contributed by atoms with van der Waals surface area (Å²) in [7, 11) is 1.95. The fourth-order valence-corrected chi connectivity index (χ4v) is 3.57. The second-order valence-corrected chi connectivity index (χ2v) is 5.98. The molecule has 0 aliphatic carbocycles. The molecule has 1 aliphatic rings. The van der Waals surface area contributed by atoms with Crippen molar-refractivity contribution >= 4 is 27.7 Å². The van der Waals surface area contributed by atoms with Crippen molar-refractivity contribution in [1.82, 2.24) is 19.9 Å². The van der Waals surface area contributed by atoms with E-state index >= 15 is 0 Å². The quantitative estimate of drug-likeness (QED) is 0.747. The zero-order chi connectivity index (χ0) is 15.3. The van der Waals surface area contributed by atoms with Gasteiger partial charge in [0.1, 0.15) is 5.65 Å². The van der Waals surface area contributed by atoms with Gasteiger partial charge < -0.3 is 10.7 Å². The van der Waals surface area contributed by atoms with Crippen LogP contribution in [0.1, 0.15) is 17.9 Å². The summed E-state index contributed by atoms with van der Waals surface area (Å²) >= 11 is 0. The minimum absolute atomic E-state index is 0.205. The fourth-order valence-electron chi connectivity index (χ4n) is 3.57. The first-order chi connectivity index (χ1) is 10.6. The van der Waals surface area contributed by atoms with Crippen LogP contribution in [0.2, 0.25) is 0 Å². The number of hydrogen-bond acceptors (Lipinski definition) is 4. The highest BCUT2D eigenvalue weighted by Gasteiger charge is 2.34. The predicted molar refractivity (Wildman–Crippen MR) is 84.4 cm³/mol. The number of H-pyrrole nitrogens is 1. The van der Waals surface area contributed by atoms with Gasteiger partial charge in [0.2, 0.25) is 5.91 Å². The molecule has 1 amide bonds. The lowest BCUT2D eigenvalue weighted by Gasteiger charge is -2.14. The van der Waals surface area contributed by atoms with Gasteiger partial charge >= 0.3 is 0 Å². The highest BCUT2D eigenvalue weighted by atomic mass is 16.1. The number of carbonyl (C=O) groups excluding carboxylic acids is 1. The molecule has 4 rings (SSSR count). The van der Waals surface area contributed by atoms with Crippen molar-refractivity contribution in [2.75, 3.05) is 13.6 Å². The number of nitrogens with one attached hydrogen (secondary N) is 1. The van der Waals surface area contributed by atoms with Crippen molar-refractivity contribution in [3.63, 3.8) is 0 Å². The largest absolute Gasteiger partial charge is 0.368 e. The Balaban J connectivity index is 1.89. The lowest BCUT2D eigenvalue weighted by molar-refractivity contribution is -0.121. The molecule has 1 fully saturated rings. The van der Waals surface area contributed by atoms with Crippen LogP contribution in [-0.2, 0) is 4.79 Å². The smallest absolute Gasteiger partial charge is 0.234 e. The van der Waals surface area contributed by atoms with Gasteiger partial charge in [-0.05, 0) is 25.1 Å². The maximum absolute atomic E-state index is 11.6. The second kappa shape index (κ2) is 4.78. The number of rotatable bonds is 2. The Kier molecular flexibility index (Phi) is 2.87. The average molecular weight is 295 g/mol. The van der Waals surface area contributed by atoms with Gasteiger partial charge in [0, 0.05) is 53.4 Å². The van der Waals surface area contributed by atoms with Gasteiger partial charge in [0.25, 0.3) is 0 Å². The maximum atomic E-state index is 11.6. The van der Waals surface area contributed by atoms with E-state index in [1.807, 2.05) is 42.8 Å². The van der Waals surface area contributed by atoms with Crippen LogP contribution < -0.4 is 5.73 Å². The topological polar surface area (TPSA) is 87.9 Å². The number of nitrogens with two attached hydrogens (primary N) is 1. The number of aromatic amines is 1. The van der Waals surface area contributed by atoms with Crippen LogP contribution in [0.5, 0.6) is 0 Å². The third-order valence-electron chi connectivity index (χ3n) is 4.65. The van der Waals surface area contributed by atoms with Gasteiger partial charge in [0.15, 0.2) is 0 Å². The van der Waals surface area contributed by atoms with E-state index in [0.717, 1.165) is 29.4 Å². The molecule has 4 heterocycles. The summed E-state index contributed by atoms with van der Waals surface area (Å²) in [5.74, 6) is -0.00847. The first-order valence-corrected chi connectivity index (χ1v) is 7.34. The highest BCUT2D eigenvalue weighted by Crippen LogP contribution is 2.36. The Bertz CT molecular complexity index is 871. The third-order valence-corrected chi connectivity index (χ3v) is 4.65. The molecule has 3 N–H and O–H groups in total. The molecule has 6 heteroatoms. The number of carbonyl (C=O) groups is 1. The molecule has 1 aliphatic heterocycles. The van der Waals surface area contributed by atoms with E-state index in [9.17, 15) is 4.79 Å². The molecule has 0 radical (unpaired) electrons. The van der Waals surface area contributed by atoms with Crippen molar-refractivity contribution in [1.29, 1.82) is 0 Å². The Morgan fingerprint density at radius 2 is 2.27 bits per heavy atom. The van der Waals surface area contributed by atoms with E-state index in [0.29, 0.717) is 0 Å². The molecule has 2 unspecified atom stereocenters. The average Bonchev–Trinajstić information content (AvgIpc) is 3.12. The summed E-state index contributed by atoms with van der Waals surface area (Å²) in [5.41, 5.74) is 7.54. The normalized spacial score (nSPS) is 22.6. The number of likely N-dealkylation sites (N-methyl/N-ethyl adjacent to an activating group) is 1. The van der Waals surface area contributed by atoms with Crippen LogP contribution in [0.3, 0.4) is 0 Å². The number of primary amides is 1. The fraction of sp³-hybridized carbons (Fsp3) is 0.312. The zero-order valence-corrected chi connectivity index (χ0v) is 12.3. The summed E-state index contributed by atoms with van der Waals surface area (Å²) in [5, 5.41) is 3.29. The molecule has 6 nitrogen and oxygen atoms in total. The van der Waals surface area contributed by atoms with Crippen LogP contribution in [-0.4, -0.2) is 45.4 Å². The molecule has 3 aromatic heterocycles. The molecule has 1 saturated heterocycles. The number of amides is 1. The summed E-state index contributed by atoms with van der Waals surface area (Å²) in [6.45, 7) is 0.808. The monoisotopic (exact) mass is 295 g/mol. The molecule has 3 aromatic rings. The number of hydrogen-bond donors (Lipinski definition) is 2. The standard InChI is InChI=1S/C16H17N5O/c1-21-8-9(4-13(21)15(17)22)12-7-18-5-10-6-20-16-11(14(10)12)2-3-19-16/h2-3,5-7,9,13H,4,8H2,1H3,(H2,17,22)(H,19,20).